The van der Waals surface area contributed by atoms with Crippen LogP contribution in [0.4, 0.5) is 0 Å². The Balaban J connectivity index is 2.21. The first kappa shape index (κ1) is 12.4. The Bertz CT molecular complexity index is 602. The van der Waals surface area contributed by atoms with Crippen LogP contribution in [0.2, 0.25) is 0 Å². The van der Waals surface area contributed by atoms with Crippen LogP contribution in [-0.2, 0) is 6.54 Å². The van der Waals surface area contributed by atoms with Gasteiger partial charge in [0.25, 0.3) is 0 Å². The van der Waals surface area contributed by atoms with Gasteiger partial charge >= 0.3 is 0 Å². The Morgan fingerprint density at radius 3 is 2.78 bits per heavy atom. The lowest BCUT2D eigenvalue weighted by molar-refractivity contribution is 0.350. The Labute approximate surface area is 107 Å². The molecule has 3 heteroatoms. The molecule has 0 spiro atoms. The van der Waals surface area contributed by atoms with Gasteiger partial charge in [0.05, 0.1) is 12.2 Å². The molecule has 0 saturated carbocycles. The molecule has 0 saturated heterocycles. The summed E-state index contributed by atoms with van der Waals surface area (Å²) in [6.45, 7) is 4.68. The fourth-order valence-corrected chi connectivity index (χ4v) is 1.90. The monoisotopic (exact) mass is 240 g/mol. The lowest BCUT2D eigenvalue weighted by Gasteiger charge is -2.05. The zero-order chi connectivity index (χ0) is 13.0. The third kappa shape index (κ3) is 2.99. The number of nitrogens with zero attached hydrogens (tertiary/aromatic N) is 2. The van der Waals surface area contributed by atoms with Crippen LogP contribution >= 0.6 is 0 Å². The number of aromatic nitrogens is 2. The van der Waals surface area contributed by atoms with Crippen LogP contribution in [-0.4, -0.2) is 21.5 Å². The minimum absolute atomic E-state index is 0.109. The first-order valence-electron chi connectivity index (χ1n) is 5.89. The molecule has 92 valence electrons. The largest absolute Gasteiger partial charge is 0.384 e. The predicted molar refractivity (Wildman–Crippen MR) is 71.2 cm³/mol. The average molecular weight is 240 g/mol. The maximum atomic E-state index is 8.68. The standard InChI is InChI=1S/C15H16N2O/c1-12-9-13(2)17(16-12)11-15-6-3-5-14(10-15)7-4-8-18/h3,5-6,9-10,18H,8,11H2,1-2H3. The molecule has 2 aromatic rings. The lowest BCUT2D eigenvalue weighted by atomic mass is 10.1. The van der Waals surface area contributed by atoms with Crippen molar-refractivity contribution in [3.05, 3.63) is 52.8 Å². The quantitative estimate of drug-likeness (QED) is 0.814. The van der Waals surface area contributed by atoms with E-state index in [1.807, 2.05) is 29.8 Å². The topological polar surface area (TPSA) is 38.0 Å². The van der Waals surface area contributed by atoms with Crippen molar-refractivity contribution in [2.75, 3.05) is 6.61 Å². The van der Waals surface area contributed by atoms with E-state index in [0.717, 1.165) is 29.1 Å². The molecule has 1 aromatic heterocycles. The SMILES string of the molecule is Cc1cc(C)n(Cc2cccc(C#CCO)c2)n1. The highest BCUT2D eigenvalue weighted by Gasteiger charge is 2.02. The molecule has 1 N–H and O–H groups in total. The molecular formula is C15H16N2O. The van der Waals surface area contributed by atoms with Gasteiger partial charge in [-0.15, -0.1) is 0 Å². The normalized spacial score (nSPS) is 9.94. The second kappa shape index (κ2) is 5.52. The summed E-state index contributed by atoms with van der Waals surface area (Å²) in [7, 11) is 0. The third-order valence-electron chi connectivity index (χ3n) is 2.67. The van der Waals surface area contributed by atoms with Crippen molar-refractivity contribution in [1.29, 1.82) is 0 Å². The fourth-order valence-electron chi connectivity index (χ4n) is 1.90. The van der Waals surface area contributed by atoms with Gasteiger partial charge < -0.3 is 5.11 Å². The van der Waals surface area contributed by atoms with E-state index in [1.165, 1.54) is 0 Å². The summed E-state index contributed by atoms with van der Waals surface area (Å²) < 4.78 is 1.98. The van der Waals surface area contributed by atoms with E-state index < -0.39 is 0 Å². The number of aliphatic hydroxyl groups is 1. The number of benzene rings is 1. The minimum atomic E-state index is -0.109. The summed E-state index contributed by atoms with van der Waals surface area (Å²) in [6, 6.07) is 10.1. The summed E-state index contributed by atoms with van der Waals surface area (Å²) in [5, 5.41) is 13.1. The maximum absolute atomic E-state index is 8.68. The van der Waals surface area contributed by atoms with Gasteiger partial charge in [-0.25, -0.2) is 0 Å². The summed E-state index contributed by atoms with van der Waals surface area (Å²) in [6.07, 6.45) is 0. The average Bonchev–Trinajstić information content (AvgIpc) is 2.66. The molecular weight excluding hydrogens is 224 g/mol. The fraction of sp³-hybridized carbons (Fsp3) is 0.267. The Kier molecular flexibility index (Phi) is 3.81. The lowest BCUT2D eigenvalue weighted by Crippen LogP contribution is -2.03. The summed E-state index contributed by atoms with van der Waals surface area (Å²) in [5.74, 6) is 5.56. The second-order valence-corrected chi connectivity index (χ2v) is 4.25. The molecule has 0 radical (unpaired) electrons. The molecule has 0 aliphatic heterocycles. The van der Waals surface area contributed by atoms with Crippen LogP contribution in [0.5, 0.6) is 0 Å². The molecule has 0 unspecified atom stereocenters. The van der Waals surface area contributed by atoms with Crippen LogP contribution in [0.3, 0.4) is 0 Å². The van der Waals surface area contributed by atoms with Gasteiger partial charge in [-0.3, -0.25) is 4.68 Å². The van der Waals surface area contributed by atoms with Gasteiger partial charge in [0, 0.05) is 11.3 Å². The molecule has 0 fully saturated rings. The molecule has 1 aromatic carbocycles. The Morgan fingerprint density at radius 1 is 1.28 bits per heavy atom. The summed E-state index contributed by atoms with van der Waals surface area (Å²) in [4.78, 5) is 0. The molecule has 0 atom stereocenters. The summed E-state index contributed by atoms with van der Waals surface area (Å²) in [5.41, 5.74) is 4.26. The number of aliphatic hydroxyl groups excluding tert-OH is 1. The van der Waals surface area contributed by atoms with Crippen LogP contribution in [0.1, 0.15) is 22.5 Å². The number of hydrogen-bond acceptors (Lipinski definition) is 2. The molecule has 0 aliphatic carbocycles. The predicted octanol–water partition coefficient (Wildman–Crippen LogP) is 1.89. The van der Waals surface area contributed by atoms with Crippen LogP contribution < -0.4 is 0 Å². The van der Waals surface area contributed by atoms with Crippen molar-refractivity contribution < 1.29 is 5.11 Å². The van der Waals surface area contributed by atoms with Crippen molar-refractivity contribution in [3.8, 4) is 11.8 Å². The smallest absolute Gasteiger partial charge is 0.104 e. The molecule has 3 nitrogen and oxygen atoms in total. The van der Waals surface area contributed by atoms with Crippen molar-refractivity contribution in [3.63, 3.8) is 0 Å². The molecule has 2 rings (SSSR count). The molecule has 0 bridgehead atoms. The second-order valence-electron chi connectivity index (χ2n) is 4.25. The molecule has 0 amide bonds. The van der Waals surface area contributed by atoms with Crippen molar-refractivity contribution >= 4 is 0 Å². The van der Waals surface area contributed by atoms with E-state index in [0.29, 0.717) is 0 Å². The van der Waals surface area contributed by atoms with E-state index in [9.17, 15) is 0 Å². The number of hydrogen-bond donors (Lipinski definition) is 1. The maximum Gasteiger partial charge on any atom is 0.104 e. The van der Waals surface area contributed by atoms with Crippen molar-refractivity contribution in [2.24, 2.45) is 0 Å². The van der Waals surface area contributed by atoms with E-state index >= 15 is 0 Å². The Morgan fingerprint density at radius 2 is 2.11 bits per heavy atom. The first-order valence-corrected chi connectivity index (χ1v) is 5.89. The number of aryl methyl sites for hydroxylation is 2. The van der Waals surface area contributed by atoms with Gasteiger partial charge in [0.1, 0.15) is 6.61 Å². The van der Waals surface area contributed by atoms with Gasteiger partial charge in [0.15, 0.2) is 0 Å². The highest BCUT2D eigenvalue weighted by Crippen LogP contribution is 2.09. The highest BCUT2D eigenvalue weighted by atomic mass is 16.2. The highest BCUT2D eigenvalue weighted by molar-refractivity contribution is 5.37. The zero-order valence-corrected chi connectivity index (χ0v) is 10.6. The van der Waals surface area contributed by atoms with Gasteiger partial charge in [-0.2, -0.15) is 5.10 Å². The number of rotatable bonds is 2. The molecule has 18 heavy (non-hydrogen) atoms. The summed E-state index contributed by atoms with van der Waals surface area (Å²) >= 11 is 0. The van der Waals surface area contributed by atoms with Crippen LogP contribution in [0.25, 0.3) is 0 Å². The van der Waals surface area contributed by atoms with Crippen LogP contribution in [0, 0.1) is 25.7 Å². The van der Waals surface area contributed by atoms with Gasteiger partial charge in [0.2, 0.25) is 0 Å². The van der Waals surface area contributed by atoms with Gasteiger partial charge in [-0.05, 0) is 37.6 Å². The first-order chi connectivity index (χ1) is 8.69. The third-order valence-corrected chi connectivity index (χ3v) is 2.67. The zero-order valence-electron chi connectivity index (χ0n) is 10.6. The molecule has 0 aliphatic rings. The van der Waals surface area contributed by atoms with Gasteiger partial charge in [-0.1, -0.05) is 24.0 Å². The van der Waals surface area contributed by atoms with E-state index in [4.69, 9.17) is 5.11 Å². The van der Waals surface area contributed by atoms with E-state index in [-0.39, 0.29) is 6.61 Å². The van der Waals surface area contributed by atoms with Crippen molar-refractivity contribution in [1.82, 2.24) is 9.78 Å². The van der Waals surface area contributed by atoms with Crippen molar-refractivity contribution in [2.45, 2.75) is 20.4 Å². The van der Waals surface area contributed by atoms with E-state index in [1.54, 1.807) is 0 Å². The Hall–Kier alpha value is -2.05. The van der Waals surface area contributed by atoms with Crippen LogP contribution in [0.15, 0.2) is 30.3 Å². The van der Waals surface area contributed by atoms with E-state index in [2.05, 4.69) is 36.0 Å². The molecule has 1 heterocycles. The minimum Gasteiger partial charge on any atom is -0.384 e.